The normalized spacial score (nSPS) is 9.79. The van der Waals surface area contributed by atoms with Crippen molar-refractivity contribution < 1.29 is 14.3 Å². The maximum atomic E-state index is 12.7. The molecule has 1 N–H and O–H groups in total. The second-order valence-corrected chi connectivity index (χ2v) is 3.13. The summed E-state index contributed by atoms with van der Waals surface area (Å²) in [5, 5.41) is 8.48. The summed E-state index contributed by atoms with van der Waals surface area (Å²) in [7, 11) is 0. The Bertz CT molecular complexity index is 358. The fraction of sp³-hybridized carbons (Fsp3) is 0.182. The number of hydrogen-bond donors (Lipinski definition) is 1. The zero-order valence-corrected chi connectivity index (χ0v) is 7.66. The van der Waals surface area contributed by atoms with E-state index in [0.717, 1.165) is 5.56 Å². The molecule has 1 aromatic carbocycles. The Morgan fingerprint density at radius 2 is 2.21 bits per heavy atom. The van der Waals surface area contributed by atoms with Gasteiger partial charge in [0, 0.05) is 0 Å². The monoisotopic (exact) mass is 194 g/mol. The Morgan fingerprint density at radius 1 is 1.50 bits per heavy atom. The molecule has 0 saturated heterocycles. The van der Waals surface area contributed by atoms with Gasteiger partial charge in [0.05, 0.1) is 6.42 Å². The molecular weight excluding hydrogens is 183 g/mol. The van der Waals surface area contributed by atoms with E-state index in [0.29, 0.717) is 12.0 Å². The summed E-state index contributed by atoms with van der Waals surface area (Å²) in [4.78, 5) is 10.3. The third-order valence-electron chi connectivity index (χ3n) is 1.74. The fourth-order valence-corrected chi connectivity index (χ4v) is 1.21. The Balaban J connectivity index is 2.60. The van der Waals surface area contributed by atoms with E-state index in [9.17, 15) is 9.18 Å². The van der Waals surface area contributed by atoms with Crippen molar-refractivity contribution in [3.05, 3.63) is 47.8 Å². The van der Waals surface area contributed by atoms with Gasteiger partial charge >= 0.3 is 5.97 Å². The number of benzene rings is 1. The van der Waals surface area contributed by atoms with Gasteiger partial charge in [-0.1, -0.05) is 24.3 Å². The van der Waals surface area contributed by atoms with Crippen LogP contribution in [0.15, 0.2) is 36.4 Å². The quantitative estimate of drug-likeness (QED) is 0.747. The third kappa shape index (κ3) is 3.39. The fourth-order valence-electron chi connectivity index (χ4n) is 1.21. The number of aliphatic carboxylic acids is 1. The van der Waals surface area contributed by atoms with Gasteiger partial charge in [-0.15, -0.1) is 0 Å². The Labute approximate surface area is 81.7 Å². The van der Waals surface area contributed by atoms with Crippen LogP contribution < -0.4 is 0 Å². The molecule has 0 heterocycles. The molecule has 0 unspecified atom stereocenters. The number of carboxylic acids is 1. The molecule has 1 aromatic rings. The Morgan fingerprint density at radius 3 is 2.79 bits per heavy atom. The van der Waals surface area contributed by atoms with Crippen molar-refractivity contribution in [3.8, 4) is 0 Å². The largest absolute Gasteiger partial charge is 0.481 e. The highest BCUT2D eigenvalue weighted by Gasteiger charge is 2.03. The smallest absolute Gasteiger partial charge is 0.307 e. The number of carbonyl (C=O) groups is 1. The van der Waals surface area contributed by atoms with Gasteiger partial charge in [0.15, 0.2) is 0 Å². The zero-order chi connectivity index (χ0) is 10.6. The lowest BCUT2D eigenvalue weighted by molar-refractivity contribution is -0.136. The SMILES string of the molecule is C=C(CC(=O)O)Cc1cccc(F)c1. The van der Waals surface area contributed by atoms with Gasteiger partial charge in [0.2, 0.25) is 0 Å². The van der Waals surface area contributed by atoms with E-state index in [2.05, 4.69) is 6.58 Å². The standard InChI is InChI=1S/C11H11FO2/c1-8(6-11(13)14)5-9-3-2-4-10(12)7-9/h2-4,7H,1,5-6H2,(H,13,14). The summed E-state index contributed by atoms with van der Waals surface area (Å²) in [6.45, 7) is 3.62. The van der Waals surface area contributed by atoms with Crippen molar-refractivity contribution in [1.29, 1.82) is 0 Å². The molecule has 2 nitrogen and oxygen atoms in total. The summed E-state index contributed by atoms with van der Waals surface area (Å²) in [6, 6.07) is 6.07. The average Bonchev–Trinajstić information content (AvgIpc) is 2.01. The lowest BCUT2D eigenvalue weighted by Gasteiger charge is -2.02. The Hall–Kier alpha value is -1.64. The molecule has 1 rings (SSSR count). The van der Waals surface area contributed by atoms with E-state index in [1.165, 1.54) is 12.1 Å². The first-order valence-corrected chi connectivity index (χ1v) is 4.21. The van der Waals surface area contributed by atoms with Crippen LogP contribution >= 0.6 is 0 Å². The van der Waals surface area contributed by atoms with Gasteiger partial charge in [-0.2, -0.15) is 0 Å². The second kappa shape index (κ2) is 4.56. The van der Waals surface area contributed by atoms with E-state index in [4.69, 9.17) is 5.11 Å². The first kappa shape index (κ1) is 10.4. The van der Waals surface area contributed by atoms with Crippen LogP contribution in [0.2, 0.25) is 0 Å². The molecular formula is C11H11FO2. The van der Waals surface area contributed by atoms with E-state index >= 15 is 0 Å². The molecule has 0 aliphatic carbocycles. The minimum Gasteiger partial charge on any atom is -0.481 e. The highest BCUT2D eigenvalue weighted by atomic mass is 19.1. The van der Waals surface area contributed by atoms with E-state index in [1.54, 1.807) is 12.1 Å². The van der Waals surface area contributed by atoms with E-state index in [-0.39, 0.29) is 12.2 Å². The first-order chi connectivity index (χ1) is 6.58. The molecule has 3 heteroatoms. The van der Waals surface area contributed by atoms with Gasteiger partial charge < -0.3 is 5.11 Å². The highest BCUT2D eigenvalue weighted by molar-refractivity contribution is 5.69. The van der Waals surface area contributed by atoms with Gasteiger partial charge in [-0.25, -0.2) is 4.39 Å². The van der Waals surface area contributed by atoms with Crippen LogP contribution in [-0.2, 0) is 11.2 Å². The van der Waals surface area contributed by atoms with E-state index in [1.807, 2.05) is 0 Å². The molecule has 0 amide bonds. The van der Waals surface area contributed by atoms with Crippen molar-refractivity contribution in [2.24, 2.45) is 0 Å². The summed E-state index contributed by atoms with van der Waals surface area (Å²) in [5.41, 5.74) is 1.32. The zero-order valence-electron chi connectivity index (χ0n) is 7.66. The predicted octanol–water partition coefficient (Wildman–Crippen LogP) is 2.40. The van der Waals surface area contributed by atoms with Crippen molar-refractivity contribution in [2.75, 3.05) is 0 Å². The summed E-state index contributed by atoms with van der Waals surface area (Å²) in [5.74, 6) is -1.22. The second-order valence-electron chi connectivity index (χ2n) is 3.13. The maximum absolute atomic E-state index is 12.7. The van der Waals surface area contributed by atoms with Crippen molar-refractivity contribution in [3.63, 3.8) is 0 Å². The summed E-state index contributed by atoms with van der Waals surface area (Å²) >= 11 is 0. The molecule has 0 fully saturated rings. The van der Waals surface area contributed by atoms with Crippen LogP contribution in [0.4, 0.5) is 4.39 Å². The van der Waals surface area contributed by atoms with Gasteiger partial charge in [-0.05, 0) is 24.1 Å². The van der Waals surface area contributed by atoms with Crippen LogP contribution in [0.5, 0.6) is 0 Å². The van der Waals surface area contributed by atoms with Crippen LogP contribution in [0, 0.1) is 5.82 Å². The van der Waals surface area contributed by atoms with Crippen molar-refractivity contribution in [1.82, 2.24) is 0 Å². The molecule has 0 saturated carbocycles. The molecule has 0 bridgehead atoms. The van der Waals surface area contributed by atoms with Gasteiger partial charge in [0.25, 0.3) is 0 Å². The number of halogens is 1. The van der Waals surface area contributed by atoms with Crippen molar-refractivity contribution in [2.45, 2.75) is 12.8 Å². The lowest BCUT2D eigenvalue weighted by Crippen LogP contribution is -1.99. The third-order valence-corrected chi connectivity index (χ3v) is 1.74. The molecule has 0 aromatic heterocycles. The maximum Gasteiger partial charge on any atom is 0.307 e. The first-order valence-electron chi connectivity index (χ1n) is 4.21. The summed E-state index contributed by atoms with van der Waals surface area (Å²) < 4.78 is 12.7. The molecule has 0 aliphatic heterocycles. The van der Waals surface area contributed by atoms with Gasteiger partial charge in [0.1, 0.15) is 5.82 Å². The van der Waals surface area contributed by atoms with E-state index < -0.39 is 5.97 Å². The molecule has 0 aliphatic rings. The average molecular weight is 194 g/mol. The van der Waals surface area contributed by atoms with Crippen LogP contribution in [-0.4, -0.2) is 11.1 Å². The van der Waals surface area contributed by atoms with Crippen LogP contribution in [0.1, 0.15) is 12.0 Å². The number of hydrogen-bond acceptors (Lipinski definition) is 1. The predicted molar refractivity (Wildman–Crippen MR) is 51.5 cm³/mol. The van der Waals surface area contributed by atoms with Crippen LogP contribution in [0.3, 0.4) is 0 Å². The molecule has 0 spiro atoms. The molecule has 74 valence electrons. The van der Waals surface area contributed by atoms with Gasteiger partial charge in [-0.3, -0.25) is 4.79 Å². The summed E-state index contributed by atoms with van der Waals surface area (Å²) in [6.07, 6.45) is 0.334. The molecule has 0 radical (unpaired) electrons. The molecule has 0 atom stereocenters. The van der Waals surface area contributed by atoms with Crippen molar-refractivity contribution >= 4 is 5.97 Å². The topological polar surface area (TPSA) is 37.3 Å². The minimum absolute atomic E-state index is 0.0729. The highest BCUT2D eigenvalue weighted by Crippen LogP contribution is 2.10. The number of carboxylic acid groups (broad SMARTS) is 1. The lowest BCUT2D eigenvalue weighted by atomic mass is 10.0. The number of rotatable bonds is 4. The minimum atomic E-state index is -0.911. The molecule has 14 heavy (non-hydrogen) atoms. The Kier molecular flexibility index (Phi) is 3.40. The van der Waals surface area contributed by atoms with Crippen LogP contribution in [0.25, 0.3) is 0 Å².